The van der Waals surface area contributed by atoms with Gasteiger partial charge in [-0.2, -0.15) is 0 Å². The molecule has 6 nitrogen and oxygen atoms in total. The van der Waals surface area contributed by atoms with Crippen LogP contribution in [0.4, 0.5) is 5.69 Å². The first-order chi connectivity index (χ1) is 11.4. The minimum Gasteiger partial charge on any atom is -0.353 e. The third-order valence-corrected chi connectivity index (χ3v) is 5.93. The summed E-state index contributed by atoms with van der Waals surface area (Å²) in [4.78, 5) is 12.5. The summed E-state index contributed by atoms with van der Waals surface area (Å²) in [6.45, 7) is 5.02. The van der Waals surface area contributed by atoms with Gasteiger partial charge in [-0.05, 0) is 31.0 Å². The van der Waals surface area contributed by atoms with Crippen molar-refractivity contribution in [3.63, 3.8) is 0 Å². The van der Waals surface area contributed by atoms with Gasteiger partial charge < -0.3 is 10.6 Å². The Balaban J connectivity index is 0.00000225. The number of benzene rings is 2. The van der Waals surface area contributed by atoms with E-state index in [0.29, 0.717) is 17.6 Å². The zero-order valence-electron chi connectivity index (χ0n) is 14.2. The summed E-state index contributed by atoms with van der Waals surface area (Å²) in [5.41, 5.74) is 0.568. The van der Waals surface area contributed by atoms with E-state index in [-0.39, 0.29) is 35.8 Å². The molecule has 0 saturated heterocycles. The van der Waals surface area contributed by atoms with Crippen molar-refractivity contribution < 1.29 is 13.2 Å². The lowest BCUT2D eigenvalue weighted by Crippen LogP contribution is -2.44. The van der Waals surface area contributed by atoms with Crippen molar-refractivity contribution in [3.8, 4) is 0 Å². The molecule has 0 radical (unpaired) electrons. The van der Waals surface area contributed by atoms with E-state index in [1.165, 1.54) is 4.31 Å². The summed E-state index contributed by atoms with van der Waals surface area (Å²) in [5, 5.41) is 7.52. The number of nitrogens with one attached hydrogen (secondary N) is 2. The Hall–Kier alpha value is -1.83. The van der Waals surface area contributed by atoms with Crippen LogP contribution < -0.4 is 14.9 Å². The predicted molar refractivity (Wildman–Crippen MR) is 102 cm³/mol. The molecule has 1 heterocycles. The van der Waals surface area contributed by atoms with E-state index >= 15 is 0 Å². The molecule has 3 rings (SSSR count). The van der Waals surface area contributed by atoms with E-state index in [2.05, 4.69) is 10.6 Å². The highest BCUT2D eigenvalue weighted by atomic mass is 35.5. The summed E-state index contributed by atoms with van der Waals surface area (Å²) >= 11 is 0. The van der Waals surface area contributed by atoms with E-state index in [4.69, 9.17) is 0 Å². The number of anilines is 1. The molecule has 2 aromatic carbocycles. The highest BCUT2D eigenvalue weighted by molar-refractivity contribution is 7.93. The van der Waals surface area contributed by atoms with Crippen molar-refractivity contribution in [3.05, 3.63) is 36.4 Å². The normalized spacial score (nSPS) is 15.7. The highest BCUT2D eigenvalue weighted by Crippen LogP contribution is 2.41. The lowest BCUT2D eigenvalue weighted by Gasteiger charge is -2.19. The van der Waals surface area contributed by atoms with Crippen molar-refractivity contribution in [1.29, 1.82) is 0 Å². The first kappa shape index (κ1) is 19.5. The highest BCUT2D eigenvalue weighted by Gasteiger charge is 2.36. The number of sulfonamides is 1. The van der Waals surface area contributed by atoms with Gasteiger partial charge in [-0.1, -0.05) is 31.2 Å². The predicted octanol–water partition coefficient (Wildman–Crippen LogP) is 1.88. The van der Waals surface area contributed by atoms with E-state index in [0.717, 1.165) is 11.9 Å². The van der Waals surface area contributed by atoms with E-state index in [1.807, 2.05) is 26.0 Å². The lowest BCUT2D eigenvalue weighted by atomic mass is 10.1. The van der Waals surface area contributed by atoms with Gasteiger partial charge in [0.05, 0.1) is 10.6 Å². The first-order valence-electron chi connectivity index (χ1n) is 7.99. The average molecular weight is 384 g/mol. The van der Waals surface area contributed by atoms with Crippen LogP contribution in [0, 0.1) is 0 Å². The van der Waals surface area contributed by atoms with Crippen molar-refractivity contribution in [2.75, 3.05) is 23.9 Å². The van der Waals surface area contributed by atoms with Gasteiger partial charge in [0.2, 0.25) is 5.91 Å². The molecule has 0 unspecified atom stereocenters. The minimum atomic E-state index is -3.69. The van der Waals surface area contributed by atoms with Crippen LogP contribution >= 0.6 is 12.4 Å². The fourth-order valence-electron chi connectivity index (χ4n) is 3.00. The maximum absolute atomic E-state index is 12.8. The van der Waals surface area contributed by atoms with Gasteiger partial charge in [0.25, 0.3) is 10.0 Å². The molecule has 1 amide bonds. The lowest BCUT2D eigenvalue weighted by molar-refractivity contribution is -0.119. The van der Waals surface area contributed by atoms with Gasteiger partial charge in [0.15, 0.2) is 0 Å². The molecule has 1 aliphatic rings. The Morgan fingerprint density at radius 2 is 1.88 bits per heavy atom. The molecule has 25 heavy (non-hydrogen) atoms. The summed E-state index contributed by atoms with van der Waals surface area (Å²) in [5.74, 6) is -0.312. The van der Waals surface area contributed by atoms with Crippen LogP contribution in [-0.2, 0) is 14.8 Å². The van der Waals surface area contributed by atoms with Crippen LogP contribution in [-0.4, -0.2) is 40.0 Å². The number of likely N-dealkylation sites (N-methyl/N-ethyl adjacent to an activating group) is 1. The molecule has 0 saturated carbocycles. The van der Waals surface area contributed by atoms with Crippen molar-refractivity contribution in [2.24, 2.45) is 0 Å². The summed E-state index contributed by atoms with van der Waals surface area (Å²) in [6, 6.07) is 10.7. The molecular formula is C17H22ClN3O3S. The molecule has 136 valence electrons. The Morgan fingerprint density at radius 3 is 2.56 bits per heavy atom. The number of halogens is 1. The fraction of sp³-hybridized carbons (Fsp3) is 0.353. The second-order valence-corrected chi connectivity index (χ2v) is 7.74. The van der Waals surface area contributed by atoms with Crippen LogP contribution in [0.15, 0.2) is 41.3 Å². The maximum Gasteiger partial charge on any atom is 0.265 e. The Labute approximate surface area is 154 Å². The molecular weight excluding hydrogens is 362 g/mol. The second kappa shape index (κ2) is 7.59. The van der Waals surface area contributed by atoms with E-state index in [1.54, 1.807) is 24.3 Å². The van der Waals surface area contributed by atoms with Crippen molar-refractivity contribution >= 4 is 44.8 Å². The summed E-state index contributed by atoms with van der Waals surface area (Å²) in [7, 11) is -3.69. The SMILES string of the molecule is CCN[C@H](C)CNC(=O)CN1c2cccc3cccc(c23)S1(=O)=O.Cl. The molecule has 8 heteroatoms. The van der Waals surface area contributed by atoms with E-state index < -0.39 is 10.0 Å². The molecule has 1 aliphatic heterocycles. The third kappa shape index (κ3) is 3.58. The maximum atomic E-state index is 12.8. The first-order valence-corrected chi connectivity index (χ1v) is 9.43. The fourth-order valence-corrected chi connectivity index (χ4v) is 4.67. The van der Waals surface area contributed by atoms with Crippen molar-refractivity contribution in [1.82, 2.24) is 10.6 Å². The molecule has 0 aliphatic carbocycles. The number of carbonyl (C=O) groups excluding carboxylic acids is 1. The largest absolute Gasteiger partial charge is 0.353 e. The number of nitrogens with zero attached hydrogens (tertiary/aromatic N) is 1. The molecule has 0 spiro atoms. The zero-order valence-corrected chi connectivity index (χ0v) is 15.8. The number of hydrogen-bond donors (Lipinski definition) is 2. The van der Waals surface area contributed by atoms with Gasteiger partial charge in [0.1, 0.15) is 6.54 Å². The van der Waals surface area contributed by atoms with Crippen LogP contribution in [0.25, 0.3) is 10.8 Å². The van der Waals surface area contributed by atoms with Crippen molar-refractivity contribution in [2.45, 2.75) is 24.8 Å². The zero-order chi connectivity index (χ0) is 17.3. The van der Waals surface area contributed by atoms with Crippen LogP contribution in [0.2, 0.25) is 0 Å². The molecule has 2 aromatic rings. The van der Waals surface area contributed by atoms with Crippen LogP contribution in [0.3, 0.4) is 0 Å². The quantitative estimate of drug-likeness (QED) is 0.798. The van der Waals surface area contributed by atoms with Gasteiger partial charge in [-0.3, -0.25) is 9.10 Å². The topological polar surface area (TPSA) is 78.5 Å². The monoisotopic (exact) mass is 383 g/mol. The standard InChI is InChI=1S/C17H21N3O3S.ClH/c1-3-18-12(2)10-19-16(21)11-20-14-8-4-6-13-7-5-9-15(17(13)14)24(20,22)23;/h4-9,12,18H,3,10-11H2,1-2H3,(H,19,21);1H/t12-;/m1./s1. The number of rotatable bonds is 6. The number of carbonyl (C=O) groups is 1. The van der Waals surface area contributed by atoms with Gasteiger partial charge in [-0.25, -0.2) is 8.42 Å². The minimum absolute atomic E-state index is 0. The van der Waals surface area contributed by atoms with Gasteiger partial charge in [0, 0.05) is 18.0 Å². The van der Waals surface area contributed by atoms with Gasteiger partial charge in [-0.15, -0.1) is 12.4 Å². The van der Waals surface area contributed by atoms with Crippen LogP contribution in [0.1, 0.15) is 13.8 Å². The van der Waals surface area contributed by atoms with Gasteiger partial charge >= 0.3 is 0 Å². The Bertz CT molecular complexity index is 881. The molecule has 0 bridgehead atoms. The van der Waals surface area contributed by atoms with Crippen LogP contribution in [0.5, 0.6) is 0 Å². The van der Waals surface area contributed by atoms with E-state index in [9.17, 15) is 13.2 Å². The molecule has 0 fully saturated rings. The smallest absolute Gasteiger partial charge is 0.265 e. The summed E-state index contributed by atoms with van der Waals surface area (Å²) < 4.78 is 26.7. The second-order valence-electron chi connectivity index (χ2n) is 5.91. The molecule has 0 aromatic heterocycles. The molecule has 1 atom stereocenters. The summed E-state index contributed by atoms with van der Waals surface area (Å²) in [6.07, 6.45) is 0. The molecule has 2 N–H and O–H groups in total. The Kier molecular flexibility index (Phi) is 5.92. The number of amides is 1. The average Bonchev–Trinajstić information content (AvgIpc) is 2.77. The Morgan fingerprint density at radius 1 is 1.20 bits per heavy atom. The number of hydrogen-bond acceptors (Lipinski definition) is 4. The third-order valence-electron chi connectivity index (χ3n) is 4.13.